The minimum atomic E-state index is -0.344. The highest BCUT2D eigenvalue weighted by Crippen LogP contribution is 2.23. The van der Waals surface area contributed by atoms with Crippen LogP contribution in [0.15, 0.2) is 0 Å². The Hall–Kier alpha value is -1.01. The molecule has 0 radical (unpaired) electrons. The molecule has 1 aliphatic rings. The van der Waals surface area contributed by atoms with Crippen LogP contribution in [0.5, 0.6) is 0 Å². The second-order valence-corrected chi connectivity index (χ2v) is 4.25. The highest BCUT2D eigenvalue weighted by Gasteiger charge is 2.39. The highest BCUT2D eigenvalue weighted by molar-refractivity contribution is 5.86. The molecule has 15 heavy (non-hydrogen) atoms. The Kier molecular flexibility index (Phi) is 4.16. The van der Waals surface area contributed by atoms with Crippen molar-refractivity contribution < 1.29 is 4.79 Å². The predicted molar refractivity (Wildman–Crippen MR) is 61.3 cm³/mol. The molecule has 0 aromatic carbocycles. The average molecular weight is 208 g/mol. The molecular weight excluding hydrogens is 188 g/mol. The van der Waals surface area contributed by atoms with Gasteiger partial charge in [0.2, 0.25) is 5.91 Å². The molecule has 1 rings (SSSR count). The minimum Gasteiger partial charge on any atom is -0.351 e. The third-order valence-corrected chi connectivity index (χ3v) is 3.08. The molecule has 84 valence electrons. The molecule has 0 aliphatic carbocycles. The van der Waals surface area contributed by atoms with E-state index in [0.29, 0.717) is 6.42 Å². The standard InChI is InChI=1S/C12H20N2O/c1-4-7-10(3)14-11(15)12(5-2)8-6-9-13-12/h1,10,13H,5-9H2,2-3H3,(H,14,15). The Morgan fingerprint density at radius 1 is 1.73 bits per heavy atom. The first kappa shape index (κ1) is 12.1. The molecule has 0 aromatic rings. The van der Waals surface area contributed by atoms with Crippen LogP contribution in [0.4, 0.5) is 0 Å². The zero-order valence-electron chi connectivity index (χ0n) is 9.60. The maximum atomic E-state index is 12.0. The molecule has 2 N–H and O–H groups in total. The van der Waals surface area contributed by atoms with E-state index >= 15 is 0 Å². The summed E-state index contributed by atoms with van der Waals surface area (Å²) in [6.45, 7) is 4.92. The first-order valence-electron chi connectivity index (χ1n) is 5.64. The van der Waals surface area contributed by atoms with Crippen LogP contribution in [0.3, 0.4) is 0 Å². The van der Waals surface area contributed by atoms with Gasteiger partial charge in [0.1, 0.15) is 0 Å². The van der Waals surface area contributed by atoms with Crippen molar-refractivity contribution in [2.45, 2.75) is 51.1 Å². The summed E-state index contributed by atoms with van der Waals surface area (Å²) in [4.78, 5) is 12.0. The third-order valence-electron chi connectivity index (χ3n) is 3.08. The number of terminal acetylenes is 1. The van der Waals surface area contributed by atoms with E-state index in [9.17, 15) is 4.79 Å². The van der Waals surface area contributed by atoms with E-state index in [0.717, 1.165) is 25.8 Å². The quantitative estimate of drug-likeness (QED) is 0.678. The van der Waals surface area contributed by atoms with Gasteiger partial charge in [-0.25, -0.2) is 0 Å². The fourth-order valence-corrected chi connectivity index (χ4v) is 2.05. The molecule has 1 saturated heterocycles. The molecule has 0 saturated carbocycles. The van der Waals surface area contributed by atoms with Crippen LogP contribution in [0.1, 0.15) is 39.5 Å². The van der Waals surface area contributed by atoms with E-state index in [1.807, 2.05) is 13.8 Å². The molecule has 1 aliphatic heterocycles. The number of carbonyl (C=O) groups excluding carboxylic acids is 1. The summed E-state index contributed by atoms with van der Waals surface area (Å²) in [7, 11) is 0. The van der Waals surface area contributed by atoms with Crippen LogP contribution in [0, 0.1) is 12.3 Å². The van der Waals surface area contributed by atoms with Crippen LogP contribution < -0.4 is 10.6 Å². The Labute approximate surface area is 92.0 Å². The topological polar surface area (TPSA) is 41.1 Å². The van der Waals surface area contributed by atoms with Crippen LogP contribution in [-0.4, -0.2) is 24.0 Å². The van der Waals surface area contributed by atoms with Crippen LogP contribution in [0.25, 0.3) is 0 Å². The van der Waals surface area contributed by atoms with E-state index in [2.05, 4.69) is 16.6 Å². The zero-order valence-corrected chi connectivity index (χ0v) is 9.60. The molecule has 0 aromatic heterocycles. The first-order valence-corrected chi connectivity index (χ1v) is 5.64. The summed E-state index contributed by atoms with van der Waals surface area (Å²) in [5.41, 5.74) is -0.344. The Morgan fingerprint density at radius 2 is 2.47 bits per heavy atom. The Balaban J connectivity index is 2.55. The van der Waals surface area contributed by atoms with Crippen molar-refractivity contribution in [1.29, 1.82) is 0 Å². The monoisotopic (exact) mass is 208 g/mol. The lowest BCUT2D eigenvalue weighted by Crippen LogP contribution is -2.54. The summed E-state index contributed by atoms with van der Waals surface area (Å²) < 4.78 is 0. The highest BCUT2D eigenvalue weighted by atomic mass is 16.2. The van der Waals surface area contributed by atoms with Gasteiger partial charge in [-0.3, -0.25) is 4.79 Å². The van der Waals surface area contributed by atoms with Crippen molar-refractivity contribution in [3.63, 3.8) is 0 Å². The van der Waals surface area contributed by atoms with Crippen molar-refractivity contribution >= 4 is 5.91 Å². The summed E-state index contributed by atoms with van der Waals surface area (Å²) in [6.07, 6.45) is 8.63. The van der Waals surface area contributed by atoms with E-state index in [4.69, 9.17) is 6.42 Å². The molecule has 3 heteroatoms. The molecule has 3 nitrogen and oxygen atoms in total. The lowest BCUT2D eigenvalue weighted by molar-refractivity contribution is -0.127. The maximum absolute atomic E-state index is 12.0. The van der Waals surface area contributed by atoms with E-state index < -0.39 is 0 Å². The van der Waals surface area contributed by atoms with Gasteiger partial charge in [-0.15, -0.1) is 12.3 Å². The van der Waals surface area contributed by atoms with Gasteiger partial charge in [0.15, 0.2) is 0 Å². The van der Waals surface area contributed by atoms with Crippen molar-refractivity contribution in [2.24, 2.45) is 0 Å². The third kappa shape index (κ3) is 2.73. The average Bonchev–Trinajstić information content (AvgIpc) is 2.67. The van der Waals surface area contributed by atoms with E-state index in [-0.39, 0.29) is 17.5 Å². The number of amides is 1. The van der Waals surface area contributed by atoms with Gasteiger partial charge in [0.05, 0.1) is 5.54 Å². The molecule has 0 bridgehead atoms. The van der Waals surface area contributed by atoms with Crippen LogP contribution in [0.2, 0.25) is 0 Å². The van der Waals surface area contributed by atoms with Crippen LogP contribution in [-0.2, 0) is 4.79 Å². The van der Waals surface area contributed by atoms with Gasteiger partial charge in [0.25, 0.3) is 0 Å². The fraction of sp³-hybridized carbons (Fsp3) is 0.750. The van der Waals surface area contributed by atoms with E-state index in [1.54, 1.807) is 0 Å². The SMILES string of the molecule is C#CCC(C)NC(=O)C1(CC)CCCN1. The zero-order chi connectivity index (χ0) is 11.3. The Bertz CT molecular complexity index is 261. The predicted octanol–water partition coefficient (Wildman–Crippen LogP) is 1.05. The van der Waals surface area contributed by atoms with E-state index in [1.165, 1.54) is 0 Å². The molecule has 2 unspecified atom stereocenters. The summed E-state index contributed by atoms with van der Waals surface area (Å²) in [6, 6.07) is 0.0633. The molecule has 1 heterocycles. The summed E-state index contributed by atoms with van der Waals surface area (Å²) in [5.74, 6) is 2.66. The van der Waals surface area contributed by atoms with Gasteiger partial charge in [-0.2, -0.15) is 0 Å². The number of carbonyl (C=O) groups is 1. The number of rotatable bonds is 4. The first-order chi connectivity index (χ1) is 7.14. The van der Waals surface area contributed by atoms with Gasteiger partial charge in [-0.1, -0.05) is 6.92 Å². The molecule has 2 atom stereocenters. The molecule has 1 fully saturated rings. The number of hydrogen-bond acceptors (Lipinski definition) is 2. The van der Waals surface area contributed by atoms with Crippen molar-refractivity contribution in [3.8, 4) is 12.3 Å². The lowest BCUT2D eigenvalue weighted by Gasteiger charge is -2.28. The van der Waals surface area contributed by atoms with Crippen molar-refractivity contribution in [1.82, 2.24) is 10.6 Å². The van der Waals surface area contributed by atoms with Crippen LogP contribution >= 0.6 is 0 Å². The largest absolute Gasteiger partial charge is 0.351 e. The number of hydrogen-bond donors (Lipinski definition) is 2. The maximum Gasteiger partial charge on any atom is 0.240 e. The second kappa shape index (κ2) is 5.18. The Morgan fingerprint density at radius 3 is 2.93 bits per heavy atom. The van der Waals surface area contributed by atoms with Crippen molar-refractivity contribution in [3.05, 3.63) is 0 Å². The summed E-state index contributed by atoms with van der Waals surface area (Å²) >= 11 is 0. The van der Waals surface area contributed by atoms with Gasteiger partial charge < -0.3 is 10.6 Å². The second-order valence-electron chi connectivity index (χ2n) is 4.25. The smallest absolute Gasteiger partial charge is 0.240 e. The minimum absolute atomic E-state index is 0.0633. The lowest BCUT2D eigenvalue weighted by atomic mass is 9.93. The van der Waals surface area contributed by atoms with Crippen molar-refractivity contribution in [2.75, 3.05) is 6.54 Å². The van der Waals surface area contributed by atoms with Gasteiger partial charge in [0, 0.05) is 12.5 Å². The normalized spacial score (nSPS) is 27.0. The summed E-state index contributed by atoms with van der Waals surface area (Å²) in [5, 5.41) is 6.27. The van der Waals surface area contributed by atoms with Gasteiger partial charge in [-0.05, 0) is 32.7 Å². The number of nitrogens with one attached hydrogen (secondary N) is 2. The fourth-order valence-electron chi connectivity index (χ4n) is 2.05. The van der Waals surface area contributed by atoms with Gasteiger partial charge >= 0.3 is 0 Å². The molecule has 1 amide bonds. The molecule has 0 spiro atoms. The molecular formula is C12H20N2O.